The summed E-state index contributed by atoms with van der Waals surface area (Å²) in [7, 11) is 0. The van der Waals surface area contributed by atoms with Crippen molar-refractivity contribution < 1.29 is 13.8 Å². The first-order valence-corrected chi connectivity index (χ1v) is 11.1. The van der Waals surface area contributed by atoms with Gasteiger partial charge in [0.15, 0.2) is 6.20 Å². The van der Waals surface area contributed by atoms with E-state index in [1.807, 2.05) is 28.4 Å². The van der Waals surface area contributed by atoms with Crippen LogP contribution in [0.25, 0.3) is 5.70 Å². The highest BCUT2D eigenvalue weighted by Gasteiger charge is 2.31. The van der Waals surface area contributed by atoms with Gasteiger partial charge >= 0.3 is 5.91 Å². The summed E-state index contributed by atoms with van der Waals surface area (Å²) in [5.74, 6) is -0.233. The van der Waals surface area contributed by atoms with Gasteiger partial charge in [-0.1, -0.05) is 0 Å². The highest BCUT2D eigenvalue weighted by Crippen LogP contribution is 2.26. The van der Waals surface area contributed by atoms with Crippen LogP contribution < -0.4 is 21.7 Å². The van der Waals surface area contributed by atoms with E-state index in [4.69, 9.17) is 0 Å². The van der Waals surface area contributed by atoms with Crippen molar-refractivity contribution in [3.63, 3.8) is 0 Å². The first-order chi connectivity index (χ1) is 16.5. The highest BCUT2D eigenvalue weighted by atomic mass is 19.1. The predicted molar refractivity (Wildman–Crippen MR) is 123 cm³/mol. The molecule has 4 N–H and O–H groups in total. The zero-order valence-corrected chi connectivity index (χ0v) is 18.6. The molecule has 11 heteroatoms. The average Bonchev–Trinajstić information content (AvgIpc) is 3.39. The van der Waals surface area contributed by atoms with Crippen LogP contribution in [0.5, 0.6) is 0 Å². The van der Waals surface area contributed by atoms with Gasteiger partial charge in [-0.15, -0.1) is 10.1 Å². The Labute approximate surface area is 196 Å². The van der Waals surface area contributed by atoms with Gasteiger partial charge in [0.05, 0.1) is 30.0 Å². The summed E-state index contributed by atoms with van der Waals surface area (Å²) in [6, 6.07) is 4.88. The molecule has 174 valence electrons. The van der Waals surface area contributed by atoms with E-state index in [-0.39, 0.29) is 23.6 Å². The summed E-state index contributed by atoms with van der Waals surface area (Å²) in [6.07, 6.45) is 13.1. The lowest BCUT2D eigenvalue weighted by atomic mass is 9.94. The Kier molecular flexibility index (Phi) is 5.83. The van der Waals surface area contributed by atoms with Crippen molar-refractivity contribution in [3.05, 3.63) is 65.1 Å². The molecule has 4 aliphatic heterocycles. The fraction of sp³-hybridized carbons (Fsp3) is 0.304. The number of hydrogen-bond donors (Lipinski definition) is 4. The Bertz CT molecular complexity index is 1200. The van der Waals surface area contributed by atoms with E-state index in [1.165, 1.54) is 6.07 Å². The number of amides is 1. The van der Waals surface area contributed by atoms with E-state index in [9.17, 15) is 14.4 Å². The smallest absolute Gasteiger partial charge is 0.358 e. The number of allylic oxidation sites excluding steroid dienone is 1. The molecule has 1 aromatic rings. The van der Waals surface area contributed by atoms with Crippen LogP contribution in [0.4, 0.5) is 4.39 Å². The van der Waals surface area contributed by atoms with Crippen LogP contribution in [0.2, 0.25) is 0 Å². The van der Waals surface area contributed by atoms with Crippen LogP contribution in [0, 0.1) is 30.0 Å². The molecule has 0 saturated carbocycles. The van der Waals surface area contributed by atoms with Crippen molar-refractivity contribution in [3.8, 4) is 6.07 Å². The maximum absolute atomic E-state index is 13.9. The molecule has 0 aromatic heterocycles. The highest BCUT2D eigenvalue weighted by molar-refractivity contribution is 5.84. The Hall–Kier alpha value is -4.01. The summed E-state index contributed by atoms with van der Waals surface area (Å²) in [5, 5.41) is 21.7. The third kappa shape index (κ3) is 4.16. The van der Waals surface area contributed by atoms with Gasteiger partial charge in [-0.2, -0.15) is 10.4 Å². The van der Waals surface area contributed by atoms with E-state index >= 15 is 0 Å². The lowest BCUT2D eigenvalue weighted by Gasteiger charge is -2.33. The molecule has 0 radical (unpaired) electrons. The first kappa shape index (κ1) is 21.8. The van der Waals surface area contributed by atoms with E-state index < -0.39 is 5.82 Å². The Morgan fingerprint density at radius 3 is 3.00 bits per heavy atom. The van der Waals surface area contributed by atoms with E-state index in [0.29, 0.717) is 12.0 Å². The minimum absolute atomic E-state index is 0.0346. The zero-order valence-electron chi connectivity index (χ0n) is 18.6. The molecule has 1 unspecified atom stereocenters. The van der Waals surface area contributed by atoms with Crippen LogP contribution in [-0.2, 0) is 4.79 Å². The third-order valence-corrected chi connectivity index (χ3v) is 6.42. The first-order valence-electron chi connectivity index (χ1n) is 11.1. The number of hydrogen-bond acceptors (Lipinski definition) is 9. The van der Waals surface area contributed by atoms with Crippen LogP contribution in [-0.4, -0.2) is 45.7 Å². The predicted octanol–water partition coefficient (Wildman–Crippen LogP) is 1.13. The molecule has 1 saturated heterocycles. The summed E-state index contributed by atoms with van der Waals surface area (Å²) in [5.41, 5.74) is 8.53. The molecule has 2 atom stereocenters. The molecule has 4 heterocycles. The van der Waals surface area contributed by atoms with Gasteiger partial charge in [0.25, 0.3) is 0 Å². The van der Waals surface area contributed by atoms with Crippen molar-refractivity contribution in [2.75, 3.05) is 6.54 Å². The zero-order chi connectivity index (χ0) is 23.7. The fourth-order valence-electron chi connectivity index (χ4n) is 4.48. The van der Waals surface area contributed by atoms with Gasteiger partial charge in [-0.3, -0.25) is 10.3 Å². The standard InChI is InChI=1S/C23H24FN9O/c1-15-18(3-4-20(24)19(15)9-25)21-13-31-6-7-32(12-17(31)11-26-21)23(34)8-16-2-5-22(27-10-16)33-14-28-29-30-33/h3-4,6-7,11-14,16,22,27,29-30H,2,5,8,10H2,1H3/p+1/t16-,22?/m0/s1. The van der Waals surface area contributed by atoms with Crippen LogP contribution >= 0.6 is 0 Å². The van der Waals surface area contributed by atoms with Gasteiger partial charge < -0.3 is 10.2 Å². The normalized spacial score (nSPS) is 23.3. The van der Waals surface area contributed by atoms with Crippen LogP contribution in [0.15, 0.2) is 47.7 Å². The van der Waals surface area contributed by atoms with Crippen molar-refractivity contribution in [2.45, 2.75) is 32.4 Å². The second kappa shape index (κ2) is 9.09. The number of halogens is 1. The van der Waals surface area contributed by atoms with Crippen LogP contribution in [0.1, 0.15) is 36.0 Å². The number of hydrazine groups is 2. The summed E-state index contributed by atoms with van der Waals surface area (Å²) < 4.78 is 15.5. The molecule has 10 nitrogen and oxygen atoms in total. The van der Waals surface area contributed by atoms with E-state index in [2.05, 4.69) is 26.8 Å². The van der Waals surface area contributed by atoms with Gasteiger partial charge in [-0.25, -0.2) is 14.7 Å². The lowest BCUT2D eigenvalue weighted by molar-refractivity contribution is -0.380. The van der Waals surface area contributed by atoms with Crippen molar-refractivity contribution in [1.82, 2.24) is 31.6 Å². The second-order valence-electron chi connectivity index (χ2n) is 8.55. The quantitative estimate of drug-likeness (QED) is 0.493. The van der Waals surface area contributed by atoms with Crippen molar-refractivity contribution in [1.29, 1.82) is 5.26 Å². The topological polar surface area (TPSA) is 111 Å². The Balaban J connectivity index is 1.21. The second-order valence-corrected chi connectivity index (χ2v) is 8.55. The Morgan fingerprint density at radius 2 is 2.26 bits per heavy atom. The molecular formula is C23H25FN9O+. The lowest BCUT2D eigenvalue weighted by Crippen LogP contribution is -2.54. The van der Waals surface area contributed by atoms with Gasteiger partial charge in [0, 0.05) is 24.5 Å². The summed E-state index contributed by atoms with van der Waals surface area (Å²) in [6.45, 7) is 2.48. The molecule has 1 fully saturated rings. The molecule has 0 aliphatic carbocycles. The minimum atomic E-state index is -0.529. The average molecular weight is 463 g/mol. The van der Waals surface area contributed by atoms with Crippen molar-refractivity contribution in [2.24, 2.45) is 11.0 Å². The number of carbonyl (C=O) groups is 1. The molecular weight excluding hydrogens is 437 g/mol. The number of hydrazone groups is 1. The Morgan fingerprint density at radius 1 is 1.38 bits per heavy atom. The maximum atomic E-state index is 13.9. The SMILES string of the molecule is Cc1c(C2=CN3C=C[N+](C(=O)C[C@@H]4CCC(N5C=NNN5)NC4)=CC3=CN2)ccc(F)c1C#N. The van der Waals surface area contributed by atoms with Gasteiger partial charge in [0.1, 0.15) is 23.9 Å². The van der Waals surface area contributed by atoms with Crippen LogP contribution in [0.3, 0.4) is 0 Å². The number of rotatable bonds is 4. The van der Waals surface area contributed by atoms with Gasteiger partial charge in [-0.05, 0) is 43.4 Å². The number of carbonyl (C=O) groups excluding carboxylic acids is 1. The summed E-state index contributed by atoms with van der Waals surface area (Å²) >= 11 is 0. The number of nitriles is 1. The van der Waals surface area contributed by atoms with E-state index in [0.717, 1.165) is 36.3 Å². The third-order valence-electron chi connectivity index (χ3n) is 6.42. The number of nitrogens with zero attached hydrogens (tertiary/aromatic N) is 5. The van der Waals surface area contributed by atoms with E-state index in [1.54, 1.807) is 42.5 Å². The monoisotopic (exact) mass is 462 g/mol. The number of fused-ring (bicyclic) bond motifs is 1. The molecule has 1 aromatic carbocycles. The number of nitrogens with one attached hydrogen (secondary N) is 4. The van der Waals surface area contributed by atoms with Gasteiger partial charge in [0.2, 0.25) is 6.21 Å². The number of benzene rings is 1. The fourth-order valence-corrected chi connectivity index (χ4v) is 4.48. The molecule has 0 spiro atoms. The molecule has 4 aliphatic rings. The summed E-state index contributed by atoms with van der Waals surface area (Å²) in [4.78, 5) is 14.8. The maximum Gasteiger partial charge on any atom is 0.392 e. The largest absolute Gasteiger partial charge is 0.392 e. The number of piperidine rings is 1. The van der Waals surface area contributed by atoms with Crippen molar-refractivity contribution >= 4 is 24.2 Å². The molecule has 0 bridgehead atoms. The molecule has 1 amide bonds. The molecule has 5 rings (SSSR count). The molecule has 34 heavy (non-hydrogen) atoms. The minimum Gasteiger partial charge on any atom is -0.358 e.